The number of anilines is 1. The highest BCUT2D eigenvalue weighted by Gasteiger charge is 2.20. The van der Waals surface area contributed by atoms with Crippen LogP contribution in [0.5, 0.6) is 5.75 Å². The number of rotatable bonds is 8. The third kappa shape index (κ3) is 5.19. The Labute approximate surface area is 172 Å². The van der Waals surface area contributed by atoms with Crippen molar-refractivity contribution >= 4 is 11.6 Å². The molecule has 1 heterocycles. The zero-order valence-electron chi connectivity index (χ0n) is 16.7. The molecule has 0 aliphatic carbocycles. The summed E-state index contributed by atoms with van der Waals surface area (Å²) in [5.41, 5.74) is 7.40. The van der Waals surface area contributed by atoms with E-state index < -0.39 is 23.6 Å². The third-order valence-electron chi connectivity index (χ3n) is 4.44. The Balaban J connectivity index is 1.86. The van der Waals surface area contributed by atoms with Gasteiger partial charge in [-0.15, -0.1) is 0 Å². The molecule has 0 fully saturated rings. The fourth-order valence-corrected chi connectivity index (χ4v) is 2.76. The molecule has 9 heteroatoms. The second-order valence-corrected chi connectivity index (χ2v) is 6.99. The Morgan fingerprint density at radius 2 is 2.00 bits per heavy atom. The average Bonchev–Trinajstić information content (AvgIpc) is 3.23. The molecule has 0 unspecified atom stereocenters. The van der Waals surface area contributed by atoms with Gasteiger partial charge < -0.3 is 20.7 Å². The van der Waals surface area contributed by atoms with Crippen LogP contribution in [0.15, 0.2) is 48.8 Å². The lowest BCUT2D eigenvalue weighted by atomic mass is 10.1. The number of hydrogen-bond acceptors (Lipinski definition) is 5. The monoisotopic (exact) mass is 415 g/mol. The Morgan fingerprint density at radius 1 is 1.27 bits per heavy atom. The maximum Gasteiger partial charge on any atom is 0.245 e. The van der Waals surface area contributed by atoms with Crippen LogP contribution in [-0.2, 0) is 4.79 Å². The topological polar surface area (TPSA) is 96.3 Å². The second-order valence-electron chi connectivity index (χ2n) is 6.99. The van der Waals surface area contributed by atoms with E-state index in [9.17, 15) is 13.6 Å². The highest BCUT2D eigenvalue weighted by atomic mass is 19.1. The van der Waals surface area contributed by atoms with Crippen molar-refractivity contribution in [3.63, 3.8) is 0 Å². The molecule has 2 aromatic carbocycles. The predicted octanol–water partition coefficient (Wildman–Crippen LogP) is 2.93. The Morgan fingerprint density at radius 3 is 2.63 bits per heavy atom. The van der Waals surface area contributed by atoms with Crippen molar-refractivity contribution in [3.05, 3.63) is 66.0 Å². The van der Waals surface area contributed by atoms with Crippen LogP contribution in [0.25, 0.3) is 11.1 Å². The normalized spacial score (nSPS) is 12.1. The summed E-state index contributed by atoms with van der Waals surface area (Å²) in [4.78, 5) is 14.6. The van der Waals surface area contributed by atoms with Crippen LogP contribution < -0.4 is 15.8 Å². The van der Waals surface area contributed by atoms with Gasteiger partial charge in [-0.05, 0) is 37.9 Å². The van der Waals surface area contributed by atoms with Gasteiger partial charge in [0.05, 0.1) is 11.9 Å². The quantitative estimate of drug-likeness (QED) is 0.526. The lowest BCUT2D eigenvalue weighted by Gasteiger charge is -2.18. The molecular weight excluding hydrogens is 392 g/mol. The van der Waals surface area contributed by atoms with E-state index in [4.69, 9.17) is 10.5 Å². The number of amides is 1. The summed E-state index contributed by atoms with van der Waals surface area (Å²) >= 11 is 0. The Bertz CT molecular complexity index is 991. The lowest BCUT2D eigenvalue weighted by molar-refractivity contribution is -0.117. The minimum Gasteiger partial charge on any atom is -0.490 e. The van der Waals surface area contributed by atoms with Crippen LogP contribution in [0.1, 0.15) is 11.6 Å². The molecule has 0 saturated carbocycles. The molecule has 0 radical (unpaired) electrons. The van der Waals surface area contributed by atoms with Gasteiger partial charge in [0.25, 0.3) is 0 Å². The Hall–Kier alpha value is -3.30. The molecule has 0 spiro atoms. The standard InChI is InChI=1S/C21H23F2N5O2/c1-28(2)7-8-30-19-9-16(14-11-25-26-12-14)17(23)10-18(19)27-21(29)20(24)13-3-5-15(22)6-4-13/h3-6,9-12,20H,7-8,24H2,1-2H3,(H,25,26)(H,27,29)/t20-/m1/s1. The van der Waals surface area contributed by atoms with Gasteiger partial charge in [0.15, 0.2) is 0 Å². The summed E-state index contributed by atoms with van der Waals surface area (Å²) in [6, 6.07) is 6.93. The van der Waals surface area contributed by atoms with Crippen LogP contribution in [-0.4, -0.2) is 48.3 Å². The number of nitrogens with two attached hydrogens (primary N) is 1. The molecule has 1 amide bonds. The van der Waals surface area contributed by atoms with E-state index in [1.807, 2.05) is 19.0 Å². The molecule has 1 atom stereocenters. The van der Waals surface area contributed by atoms with Crippen molar-refractivity contribution in [1.82, 2.24) is 15.1 Å². The number of likely N-dealkylation sites (N-methyl/N-ethyl adjacent to an activating group) is 1. The van der Waals surface area contributed by atoms with E-state index in [0.717, 1.165) is 0 Å². The largest absolute Gasteiger partial charge is 0.490 e. The van der Waals surface area contributed by atoms with Gasteiger partial charge >= 0.3 is 0 Å². The molecule has 0 bridgehead atoms. The molecule has 0 aliphatic heterocycles. The molecule has 30 heavy (non-hydrogen) atoms. The number of carbonyl (C=O) groups is 1. The highest BCUT2D eigenvalue weighted by molar-refractivity contribution is 5.97. The van der Waals surface area contributed by atoms with Crippen LogP contribution in [0.3, 0.4) is 0 Å². The third-order valence-corrected chi connectivity index (χ3v) is 4.44. The van der Waals surface area contributed by atoms with E-state index in [-0.39, 0.29) is 11.3 Å². The number of carbonyl (C=O) groups excluding carboxylic acids is 1. The van der Waals surface area contributed by atoms with Gasteiger partial charge in [-0.3, -0.25) is 9.89 Å². The fourth-order valence-electron chi connectivity index (χ4n) is 2.76. The summed E-state index contributed by atoms with van der Waals surface area (Å²) < 4.78 is 33.6. The van der Waals surface area contributed by atoms with Crippen LogP contribution in [0.4, 0.5) is 14.5 Å². The molecule has 0 saturated heterocycles. The number of ether oxygens (including phenoxy) is 1. The van der Waals surface area contributed by atoms with Crippen LogP contribution in [0.2, 0.25) is 0 Å². The van der Waals surface area contributed by atoms with Crippen molar-refractivity contribution in [3.8, 4) is 16.9 Å². The second kappa shape index (κ2) is 9.47. The van der Waals surface area contributed by atoms with Gasteiger partial charge in [0.1, 0.15) is 30.0 Å². The first-order valence-electron chi connectivity index (χ1n) is 9.27. The minimum absolute atomic E-state index is 0.154. The van der Waals surface area contributed by atoms with Gasteiger partial charge in [-0.1, -0.05) is 12.1 Å². The van der Waals surface area contributed by atoms with E-state index in [2.05, 4.69) is 15.5 Å². The first kappa shape index (κ1) is 21.4. The summed E-state index contributed by atoms with van der Waals surface area (Å²) in [6.07, 6.45) is 3.05. The molecule has 3 rings (SSSR count). The molecule has 0 aliphatic rings. The van der Waals surface area contributed by atoms with Crippen molar-refractivity contribution in [1.29, 1.82) is 0 Å². The van der Waals surface area contributed by atoms with Crippen molar-refractivity contribution in [2.75, 3.05) is 32.6 Å². The summed E-state index contributed by atoms with van der Waals surface area (Å²) in [5.74, 6) is -1.26. The molecule has 1 aromatic heterocycles. The van der Waals surface area contributed by atoms with E-state index in [1.165, 1.54) is 42.6 Å². The maximum atomic E-state index is 14.7. The molecule has 7 nitrogen and oxygen atoms in total. The highest BCUT2D eigenvalue weighted by Crippen LogP contribution is 2.34. The summed E-state index contributed by atoms with van der Waals surface area (Å²) in [5, 5.41) is 9.09. The van der Waals surface area contributed by atoms with Crippen LogP contribution >= 0.6 is 0 Å². The first-order valence-corrected chi connectivity index (χ1v) is 9.27. The zero-order chi connectivity index (χ0) is 21.7. The van der Waals surface area contributed by atoms with Gasteiger partial charge in [0, 0.05) is 29.9 Å². The fraction of sp³-hybridized carbons (Fsp3) is 0.238. The van der Waals surface area contributed by atoms with Gasteiger partial charge in [-0.2, -0.15) is 5.10 Å². The van der Waals surface area contributed by atoms with Crippen LogP contribution in [0, 0.1) is 11.6 Å². The summed E-state index contributed by atoms with van der Waals surface area (Å²) in [7, 11) is 3.80. The number of benzene rings is 2. The Kier molecular flexibility index (Phi) is 6.76. The van der Waals surface area contributed by atoms with Gasteiger partial charge in [-0.25, -0.2) is 8.78 Å². The smallest absolute Gasteiger partial charge is 0.245 e. The number of aromatic nitrogens is 2. The zero-order valence-corrected chi connectivity index (χ0v) is 16.7. The summed E-state index contributed by atoms with van der Waals surface area (Å²) in [6.45, 7) is 0.956. The van der Waals surface area contributed by atoms with E-state index in [0.29, 0.717) is 30.0 Å². The number of halogens is 2. The van der Waals surface area contributed by atoms with Gasteiger partial charge in [0.2, 0.25) is 5.91 Å². The maximum absolute atomic E-state index is 14.7. The van der Waals surface area contributed by atoms with Crippen molar-refractivity contribution in [2.45, 2.75) is 6.04 Å². The molecule has 4 N–H and O–H groups in total. The minimum atomic E-state index is -1.06. The number of nitrogens with one attached hydrogen (secondary N) is 2. The molecule has 158 valence electrons. The number of hydrogen-bond donors (Lipinski definition) is 3. The molecule has 3 aromatic rings. The predicted molar refractivity (Wildman–Crippen MR) is 110 cm³/mol. The SMILES string of the molecule is CN(C)CCOc1cc(-c2cn[nH]c2)c(F)cc1NC(=O)[C@H](N)c1ccc(F)cc1. The van der Waals surface area contributed by atoms with Crippen molar-refractivity contribution < 1.29 is 18.3 Å². The van der Waals surface area contributed by atoms with E-state index in [1.54, 1.807) is 6.20 Å². The number of nitrogens with zero attached hydrogens (tertiary/aromatic N) is 2. The first-order chi connectivity index (χ1) is 14.3. The van der Waals surface area contributed by atoms with E-state index >= 15 is 0 Å². The average molecular weight is 415 g/mol. The molecular formula is C21H23F2N5O2. The van der Waals surface area contributed by atoms with Crippen molar-refractivity contribution in [2.24, 2.45) is 5.73 Å². The lowest BCUT2D eigenvalue weighted by Crippen LogP contribution is -2.28. The number of H-pyrrole nitrogens is 1. The number of aromatic amines is 1.